The fraction of sp³-hybridized carbons (Fsp3) is 0.846. The maximum Gasteiger partial charge on any atom is 0.326 e. The van der Waals surface area contributed by atoms with E-state index < -0.39 is 27.9 Å². The largest absolute Gasteiger partial charge is 0.480 e. The van der Waals surface area contributed by atoms with Crippen molar-refractivity contribution in [2.24, 2.45) is 11.8 Å². The van der Waals surface area contributed by atoms with Crippen molar-refractivity contribution in [1.29, 1.82) is 0 Å². The van der Waals surface area contributed by atoms with E-state index in [0.29, 0.717) is 13.0 Å². The number of fused-ring (bicyclic) bond motifs is 1. The molecule has 21 heavy (non-hydrogen) atoms. The first-order chi connectivity index (χ1) is 9.79. The van der Waals surface area contributed by atoms with Gasteiger partial charge < -0.3 is 15.3 Å². The van der Waals surface area contributed by atoms with Crippen molar-refractivity contribution in [2.75, 3.05) is 25.1 Å². The van der Waals surface area contributed by atoms with Gasteiger partial charge in [0, 0.05) is 19.3 Å². The molecular weight excluding hydrogens is 296 g/mol. The molecule has 0 aromatic rings. The molecule has 120 valence electrons. The molecule has 7 nitrogen and oxygen atoms in total. The Morgan fingerprint density at radius 3 is 2.67 bits per heavy atom. The number of carboxylic acid groups (broad SMARTS) is 1. The highest BCUT2D eigenvalue weighted by molar-refractivity contribution is 7.90. The molecule has 2 rings (SSSR count). The molecule has 1 heterocycles. The number of amides is 2. The van der Waals surface area contributed by atoms with Gasteiger partial charge in [-0.1, -0.05) is 6.42 Å². The van der Waals surface area contributed by atoms with E-state index in [2.05, 4.69) is 5.32 Å². The summed E-state index contributed by atoms with van der Waals surface area (Å²) < 4.78 is 22.0. The van der Waals surface area contributed by atoms with Gasteiger partial charge in [-0.15, -0.1) is 0 Å². The summed E-state index contributed by atoms with van der Waals surface area (Å²) in [6.07, 6.45) is 4.36. The Hall–Kier alpha value is -1.31. The standard InChI is InChI=1S/C13H22N2O5S/c1-21(19,20)7-3-6-14-13(18)15-8-9-4-2-5-10(9)11(15)12(16)17/h9-11H,2-8H2,1H3,(H,14,18)(H,16,17). The van der Waals surface area contributed by atoms with Crippen LogP contribution in [0.15, 0.2) is 0 Å². The maximum atomic E-state index is 12.1. The van der Waals surface area contributed by atoms with Crippen molar-refractivity contribution in [3.05, 3.63) is 0 Å². The van der Waals surface area contributed by atoms with Crippen molar-refractivity contribution >= 4 is 21.8 Å². The zero-order valence-corrected chi connectivity index (χ0v) is 12.9. The molecular formula is C13H22N2O5S. The lowest BCUT2D eigenvalue weighted by atomic mass is 9.94. The molecule has 1 aliphatic heterocycles. The van der Waals surface area contributed by atoms with E-state index in [9.17, 15) is 23.1 Å². The molecule has 1 aliphatic carbocycles. The van der Waals surface area contributed by atoms with Crippen LogP contribution in [-0.2, 0) is 14.6 Å². The van der Waals surface area contributed by atoms with Crippen LogP contribution in [0.2, 0.25) is 0 Å². The van der Waals surface area contributed by atoms with Crippen LogP contribution < -0.4 is 5.32 Å². The summed E-state index contributed by atoms with van der Waals surface area (Å²) in [4.78, 5) is 24.9. The van der Waals surface area contributed by atoms with Gasteiger partial charge in [-0.05, 0) is 31.1 Å². The monoisotopic (exact) mass is 318 g/mol. The summed E-state index contributed by atoms with van der Waals surface area (Å²) in [7, 11) is -3.04. The molecule has 2 aliphatic rings. The third-order valence-electron chi connectivity index (χ3n) is 4.37. The number of nitrogens with one attached hydrogen (secondary N) is 1. The summed E-state index contributed by atoms with van der Waals surface area (Å²) in [5.41, 5.74) is 0. The van der Waals surface area contributed by atoms with Gasteiger partial charge in [0.15, 0.2) is 0 Å². The smallest absolute Gasteiger partial charge is 0.326 e. The predicted molar refractivity (Wildman–Crippen MR) is 76.7 cm³/mol. The minimum Gasteiger partial charge on any atom is -0.480 e. The lowest BCUT2D eigenvalue weighted by Crippen LogP contribution is -2.48. The van der Waals surface area contributed by atoms with E-state index in [0.717, 1.165) is 25.5 Å². The van der Waals surface area contributed by atoms with E-state index in [4.69, 9.17) is 0 Å². The van der Waals surface area contributed by atoms with Gasteiger partial charge in [-0.2, -0.15) is 0 Å². The fourth-order valence-electron chi connectivity index (χ4n) is 3.46. The predicted octanol–water partition coefficient (Wildman–Crippen LogP) is 0.316. The Morgan fingerprint density at radius 2 is 2.05 bits per heavy atom. The number of carboxylic acids is 1. The first kappa shape index (κ1) is 16.1. The highest BCUT2D eigenvalue weighted by Gasteiger charge is 2.49. The van der Waals surface area contributed by atoms with E-state index in [1.165, 1.54) is 4.90 Å². The Bertz CT molecular complexity index is 519. The molecule has 8 heteroatoms. The number of carbonyl (C=O) groups is 2. The third-order valence-corrected chi connectivity index (χ3v) is 5.40. The van der Waals surface area contributed by atoms with Crippen LogP contribution in [0.25, 0.3) is 0 Å². The van der Waals surface area contributed by atoms with Gasteiger partial charge in [0.2, 0.25) is 0 Å². The molecule has 0 aromatic carbocycles. The van der Waals surface area contributed by atoms with Crippen LogP contribution in [0.4, 0.5) is 4.79 Å². The zero-order valence-electron chi connectivity index (χ0n) is 12.1. The van der Waals surface area contributed by atoms with Gasteiger partial charge in [0.1, 0.15) is 15.9 Å². The number of rotatable bonds is 5. The lowest BCUT2D eigenvalue weighted by molar-refractivity contribution is -0.142. The van der Waals surface area contributed by atoms with Gasteiger partial charge in [0.25, 0.3) is 0 Å². The summed E-state index contributed by atoms with van der Waals surface area (Å²) >= 11 is 0. The number of sulfone groups is 1. The summed E-state index contributed by atoms with van der Waals surface area (Å²) in [6, 6.07) is -1.14. The first-order valence-electron chi connectivity index (χ1n) is 7.24. The Kier molecular flexibility index (Phi) is 4.75. The number of carbonyl (C=O) groups excluding carboxylic acids is 1. The maximum absolute atomic E-state index is 12.1. The van der Waals surface area contributed by atoms with E-state index in [1.54, 1.807) is 0 Å². The molecule has 0 spiro atoms. The second-order valence-electron chi connectivity index (χ2n) is 6.01. The second-order valence-corrected chi connectivity index (χ2v) is 8.27. The number of likely N-dealkylation sites (tertiary alicyclic amines) is 1. The Balaban J connectivity index is 1.88. The van der Waals surface area contributed by atoms with Crippen molar-refractivity contribution in [3.63, 3.8) is 0 Å². The molecule has 0 radical (unpaired) electrons. The minimum absolute atomic E-state index is 0.0148. The van der Waals surface area contributed by atoms with Crippen LogP contribution in [0.1, 0.15) is 25.7 Å². The van der Waals surface area contributed by atoms with Gasteiger partial charge in [0.05, 0.1) is 5.75 Å². The Morgan fingerprint density at radius 1 is 1.33 bits per heavy atom. The average molecular weight is 318 g/mol. The van der Waals surface area contributed by atoms with Crippen molar-refractivity contribution < 1.29 is 23.1 Å². The SMILES string of the molecule is CS(=O)(=O)CCCNC(=O)N1CC2CCCC2C1C(=O)O. The van der Waals surface area contributed by atoms with Crippen LogP contribution in [0, 0.1) is 11.8 Å². The normalized spacial score (nSPS) is 28.4. The van der Waals surface area contributed by atoms with Crippen molar-refractivity contribution in [2.45, 2.75) is 31.7 Å². The third kappa shape index (κ3) is 3.87. The second kappa shape index (κ2) is 6.21. The van der Waals surface area contributed by atoms with Crippen LogP contribution in [0.3, 0.4) is 0 Å². The van der Waals surface area contributed by atoms with E-state index >= 15 is 0 Å². The van der Waals surface area contributed by atoms with Gasteiger partial charge >= 0.3 is 12.0 Å². The quantitative estimate of drug-likeness (QED) is 0.710. The summed E-state index contributed by atoms with van der Waals surface area (Å²) in [6.45, 7) is 0.726. The highest BCUT2D eigenvalue weighted by atomic mass is 32.2. The molecule has 3 unspecified atom stereocenters. The molecule has 0 bridgehead atoms. The molecule has 0 aromatic heterocycles. The fourth-order valence-corrected chi connectivity index (χ4v) is 4.13. The summed E-state index contributed by atoms with van der Waals surface area (Å²) in [5, 5.41) is 12.0. The minimum atomic E-state index is -3.04. The lowest BCUT2D eigenvalue weighted by Gasteiger charge is -2.24. The van der Waals surface area contributed by atoms with Crippen molar-refractivity contribution in [1.82, 2.24) is 10.2 Å². The Labute approximate surface area is 124 Å². The van der Waals surface area contributed by atoms with Crippen molar-refractivity contribution in [3.8, 4) is 0 Å². The van der Waals surface area contributed by atoms with Crippen LogP contribution >= 0.6 is 0 Å². The number of urea groups is 1. The number of hydrogen-bond donors (Lipinski definition) is 2. The van der Waals surface area contributed by atoms with E-state index in [1.807, 2.05) is 0 Å². The molecule has 1 saturated carbocycles. The highest BCUT2D eigenvalue weighted by Crippen LogP contribution is 2.42. The summed E-state index contributed by atoms with van der Waals surface area (Å²) in [5.74, 6) is -0.589. The topological polar surface area (TPSA) is 104 Å². The van der Waals surface area contributed by atoms with Gasteiger partial charge in [-0.3, -0.25) is 0 Å². The van der Waals surface area contributed by atoms with Gasteiger partial charge in [-0.25, -0.2) is 18.0 Å². The molecule has 2 fully saturated rings. The zero-order chi connectivity index (χ0) is 15.6. The molecule has 3 atom stereocenters. The average Bonchev–Trinajstić information content (AvgIpc) is 2.91. The first-order valence-corrected chi connectivity index (χ1v) is 9.30. The molecule has 2 amide bonds. The number of nitrogens with zero attached hydrogens (tertiary/aromatic N) is 1. The van der Waals surface area contributed by atoms with Crippen LogP contribution in [0.5, 0.6) is 0 Å². The van der Waals surface area contributed by atoms with E-state index in [-0.39, 0.29) is 24.1 Å². The van der Waals surface area contributed by atoms with Crippen LogP contribution in [-0.4, -0.2) is 61.6 Å². The number of aliphatic carboxylic acids is 1. The molecule has 2 N–H and O–H groups in total. The molecule has 1 saturated heterocycles. The number of hydrogen-bond acceptors (Lipinski definition) is 4.